The fourth-order valence-electron chi connectivity index (χ4n) is 1.58. The average Bonchev–Trinajstić information content (AvgIpc) is 2.83. The summed E-state index contributed by atoms with van der Waals surface area (Å²) in [6.07, 6.45) is -4.85. The molecule has 2 heterocycles. The number of carboxylic acid groups (broad SMARTS) is 1. The Labute approximate surface area is 114 Å². The van der Waals surface area contributed by atoms with Crippen LogP contribution in [0, 0.1) is 13.8 Å². The summed E-state index contributed by atoms with van der Waals surface area (Å²) >= 11 is 1.23. The number of halogens is 3. The van der Waals surface area contributed by atoms with Crippen LogP contribution < -0.4 is 0 Å². The van der Waals surface area contributed by atoms with Crippen LogP contribution in [-0.4, -0.2) is 31.1 Å². The summed E-state index contributed by atoms with van der Waals surface area (Å²) in [5, 5.41) is 15.5. The molecular weight excluding hydrogens is 297 g/mol. The Morgan fingerprint density at radius 3 is 2.50 bits per heavy atom. The number of carbonyl (C=O) groups is 1. The summed E-state index contributed by atoms with van der Waals surface area (Å²) in [6, 6.07) is 0. The Morgan fingerprint density at radius 2 is 2.05 bits per heavy atom. The number of rotatable bonds is 3. The maximum atomic E-state index is 12.9. The minimum atomic E-state index is -4.85. The first-order valence-electron chi connectivity index (χ1n) is 5.37. The van der Waals surface area contributed by atoms with E-state index >= 15 is 0 Å². The molecule has 0 atom stereocenters. The molecule has 0 fully saturated rings. The molecule has 0 amide bonds. The van der Waals surface area contributed by atoms with E-state index in [2.05, 4.69) is 15.3 Å². The first-order valence-corrected chi connectivity index (χ1v) is 6.18. The predicted octanol–water partition coefficient (Wildman–Crippen LogP) is 2.12. The lowest BCUT2D eigenvalue weighted by Crippen LogP contribution is -2.18. The fourth-order valence-corrected chi connectivity index (χ4v) is 2.50. The van der Waals surface area contributed by atoms with E-state index in [1.807, 2.05) is 0 Å². The van der Waals surface area contributed by atoms with Crippen LogP contribution >= 0.6 is 11.3 Å². The molecule has 0 spiro atoms. The molecule has 0 aliphatic heterocycles. The first-order chi connectivity index (χ1) is 9.20. The molecule has 10 heteroatoms. The Hall–Kier alpha value is -1.97. The van der Waals surface area contributed by atoms with Gasteiger partial charge in [0, 0.05) is 4.88 Å². The van der Waals surface area contributed by atoms with Crippen LogP contribution in [0.3, 0.4) is 0 Å². The highest BCUT2D eigenvalue weighted by molar-refractivity contribution is 7.11. The van der Waals surface area contributed by atoms with E-state index in [0.717, 1.165) is 10.6 Å². The lowest BCUT2D eigenvalue weighted by molar-refractivity contribution is -0.144. The zero-order valence-electron chi connectivity index (χ0n) is 10.4. The van der Waals surface area contributed by atoms with E-state index < -0.39 is 23.5 Å². The third-order valence-electron chi connectivity index (χ3n) is 2.56. The van der Waals surface area contributed by atoms with Gasteiger partial charge in [0.15, 0.2) is 5.69 Å². The normalized spacial score (nSPS) is 11.8. The molecule has 2 aromatic heterocycles. The second-order valence-electron chi connectivity index (χ2n) is 4.00. The molecule has 0 saturated heterocycles. The van der Waals surface area contributed by atoms with Crippen LogP contribution in [0.15, 0.2) is 0 Å². The van der Waals surface area contributed by atoms with E-state index in [1.54, 1.807) is 13.8 Å². The van der Waals surface area contributed by atoms with Crippen molar-refractivity contribution in [1.82, 2.24) is 20.0 Å². The van der Waals surface area contributed by atoms with Gasteiger partial charge in [0.25, 0.3) is 0 Å². The number of nitrogens with zero attached hydrogens (tertiary/aromatic N) is 4. The van der Waals surface area contributed by atoms with Crippen molar-refractivity contribution < 1.29 is 23.1 Å². The van der Waals surface area contributed by atoms with Crippen LogP contribution in [0.5, 0.6) is 0 Å². The molecule has 2 aromatic rings. The number of aromatic nitrogens is 4. The smallest absolute Gasteiger partial charge is 0.435 e. The zero-order chi connectivity index (χ0) is 15.1. The summed E-state index contributed by atoms with van der Waals surface area (Å²) < 4.78 is 39.2. The predicted molar refractivity (Wildman–Crippen MR) is 62.7 cm³/mol. The molecule has 0 aliphatic carbocycles. The van der Waals surface area contributed by atoms with Crippen LogP contribution in [0.25, 0.3) is 0 Å². The minimum absolute atomic E-state index is 0.269. The standard InChI is InChI=1S/C10H9F3N4O2S/c1-4-5(2)20-6(14-4)3-17-8(10(11,12)13)7(9(18)19)15-16-17/h3H2,1-2H3,(H,18,19). The Morgan fingerprint density at radius 1 is 1.40 bits per heavy atom. The monoisotopic (exact) mass is 306 g/mol. The molecule has 20 heavy (non-hydrogen) atoms. The number of alkyl halides is 3. The van der Waals surface area contributed by atoms with E-state index in [1.165, 1.54) is 11.3 Å². The minimum Gasteiger partial charge on any atom is -0.476 e. The van der Waals surface area contributed by atoms with Crippen LogP contribution in [0.1, 0.15) is 31.8 Å². The van der Waals surface area contributed by atoms with Crippen molar-refractivity contribution in [3.8, 4) is 0 Å². The number of thiazole rings is 1. The Bertz CT molecular complexity index is 642. The van der Waals surface area contributed by atoms with E-state index in [9.17, 15) is 18.0 Å². The van der Waals surface area contributed by atoms with Gasteiger partial charge in [-0.3, -0.25) is 0 Å². The van der Waals surface area contributed by atoms with Gasteiger partial charge >= 0.3 is 12.1 Å². The third kappa shape index (κ3) is 2.64. The fraction of sp³-hybridized carbons (Fsp3) is 0.400. The molecular formula is C10H9F3N4O2S. The van der Waals surface area contributed by atoms with E-state index in [4.69, 9.17) is 5.11 Å². The molecule has 0 unspecified atom stereocenters. The highest BCUT2D eigenvalue weighted by Crippen LogP contribution is 2.31. The maximum Gasteiger partial charge on any atom is 0.435 e. The summed E-state index contributed by atoms with van der Waals surface area (Å²) in [6.45, 7) is 3.27. The van der Waals surface area contributed by atoms with Gasteiger partial charge in [-0.15, -0.1) is 16.4 Å². The molecule has 108 valence electrons. The van der Waals surface area contributed by atoms with E-state index in [-0.39, 0.29) is 6.54 Å². The van der Waals surface area contributed by atoms with Crippen molar-refractivity contribution in [3.63, 3.8) is 0 Å². The summed E-state index contributed by atoms with van der Waals surface area (Å²) in [5.41, 5.74) is -1.77. The highest BCUT2D eigenvalue weighted by atomic mass is 32.1. The summed E-state index contributed by atoms with van der Waals surface area (Å²) in [4.78, 5) is 15.7. The SMILES string of the molecule is Cc1nc(Cn2nnc(C(=O)O)c2C(F)(F)F)sc1C. The zero-order valence-corrected chi connectivity index (χ0v) is 11.2. The van der Waals surface area contributed by atoms with Gasteiger partial charge in [-0.25, -0.2) is 14.5 Å². The van der Waals surface area contributed by atoms with Gasteiger partial charge in [0.1, 0.15) is 5.01 Å². The molecule has 0 aromatic carbocycles. The Balaban J connectivity index is 2.44. The lowest BCUT2D eigenvalue weighted by atomic mass is 10.3. The largest absolute Gasteiger partial charge is 0.476 e. The Kier molecular flexibility index (Phi) is 3.50. The van der Waals surface area contributed by atoms with Crippen molar-refractivity contribution >= 4 is 17.3 Å². The van der Waals surface area contributed by atoms with E-state index in [0.29, 0.717) is 9.69 Å². The summed E-state index contributed by atoms with van der Waals surface area (Å²) in [5.74, 6) is -1.77. The highest BCUT2D eigenvalue weighted by Gasteiger charge is 2.41. The second kappa shape index (κ2) is 4.85. The molecule has 0 radical (unpaired) electrons. The van der Waals surface area contributed by atoms with Gasteiger partial charge in [0.05, 0.1) is 12.2 Å². The quantitative estimate of drug-likeness (QED) is 0.939. The van der Waals surface area contributed by atoms with Gasteiger partial charge in [0.2, 0.25) is 5.69 Å². The molecule has 6 nitrogen and oxygen atoms in total. The number of hydrogen-bond donors (Lipinski definition) is 1. The first kappa shape index (κ1) is 14.4. The van der Waals surface area contributed by atoms with Gasteiger partial charge in [-0.1, -0.05) is 5.21 Å². The molecule has 0 bridgehead atoms. The molecule has 0 saturated carbocycles. The van der Waals surface area contributed by atoms with Gasteiger partial charge < -0.3 is 5.11 Å². The number of hydrogen-bond acceptors (Lipinski definition) is 5. The number of carboxylic acids is 1. The molecule has 1 N–H and O–H groups in total. The van der Waals surface area contributed by atoms with Crippen LogP contribution in [0.2, 0.25) is 0 Å². The summed E-state index contributed by atoms with van der Waals surface area (Å²) in [7, 11) is 0. The molecule has 2 rings (SSSR count). The lowest BCUT2D eigenvalue weighted by Gasteiger charge is -2.08. The van der Waals surface area contributed by atoms with Crippen LogP contribution in [-0.2, 0) is 12.7 Å². The van der Waals surface area contributed by atoms with Crippen molar-refractivity contribution in [2.24, 2.45) is 0 Å². The van der Waals surface area contributed by atoms with Gasteiger partial charge in [-0.05, 0) is 13.8 Å². The van der Waals surface area contributed by atoms with Crippen molar-refractivity contribution in [1.29, 1.82) is 0 Å². The average molecular weight is 306 g/mol. The topological polar surface area (TPSA) is 80.9 Å². The number of aromatic carboxylic acids is 1. The van der Waals surface area contributed by atoms with Crippen molar-refractivity contribution in [3.05, 3.63) is 27.0 Å². The molecule has 0 aliphatic rings. The number of aryl methyl sites for hydroxylation is 2. The van der Waals surface area contributed by atoms with Crippen molar-refractivity contribution in [2.75, 3.05) is 0 Å². The van der Waals surface area contributed by atoms with Crippen LogP contribution in [0.4, 0.5) is 13.2 Å². The van der Waals surface area contributed by atoms with Gasteiger partial charge in [-0.2, -0.15) is 13.2 Å². The maximum absolute atomic E-state index is 12.9. The van der Waals surface area contributed by atoms with Crippen molar-refractivity contribution in [2.45, 2.75) is 26.6 Å². The third-order valence-corrected chi connectivity index (χ3v) is 3.62. The second-order valence-corrected chi connectivity index (χ2v) is 5.28.